The number of carbonyl (C=O) groups is 3. The number of amides is 2. The lowest BCUT2D eigenvalue weighted by Gasteiger charge is -2.23. The number of rotatable bonds is 5. The Morgan fingerprint density at radius 3 is 2.53 bits per heavy atom. The van der Waals surface area contributed by atoms with Gasteiger partial charge in [0.2, 0.25) is 11.8 Å². The highest BCUT2D eigenvalue weighted by molar-refractivity contribution is 8.01. The van der Waals surface area contributed by atoms with Crippen molar-refractivity contribution in [3.05, 3.63) is 0 Å². The summed E-state index contributed by atoms with van der Waals surface area (Å²) in [6, 6.07) is -0.798. The van der Waals surface area contributed by atoms with Gasteiger partial charge in [0.25, 0.3) is 0 Å². The molecule has 0 aromatic carbocycles. The molecule has 0 aromatic heterocycles. The summed E-state index contributed by atoms with van der Waals surface area (Å²) >= 11 is 1.45. The van der Waals surface area contributed by atoms with Crippen LogP contribution in [0, 0.1) is 0 Å². The Labute approximate surface area is 105 Å². The Bertz CT molecular complexity index is 344. The topological polar surface area (TPSA) is 80.5 Å². The zero-order chi connectivity index (χ0) is 13.2. The fraction of sp³-hybridized carbons (Fsp3) is 0.727. The molecular weight excluding hydrogens is 240 g/mol. The van der Waals surface area contributed by atoms with Gasteiger partial charge in [0.1, 0.15) is 6.04 Å². The van der Waals surface area contributed by atoms with Gasteiger partial charge < -0.3 is 5.73 Å². The molecule has 2 unspecified atom stereocenters. The smallest absolute Gasteiger partial charge is 0.243 e. The van der Waals surface area contributed by atoms with E-state index in [-0.39, 0.29) is 41.1 Å². The summed E-state index contributed by atoms with van der Waals surface area (Å²) in [6.45, 7) is 5.28. The standard InChI is InChI=1S/C11H18N2O3S/c1-6(2)17-9-4-10(15)13(11(9)16)8(5-12)7(3)14/h6,8-9H,4-5,12H2,1-3H3. The van der Waals surface area contributed by atoms with Gasteiger partial charge in [-0.05, 0) is 12.2 Å². The van der Waals surface area contributed by atoms with Crippen molar-refractivity contribution in [2.75, 3.05) is 6.54 Å². The molecule has 0 radical (unpaired) electrons. The third-order valence-corrected chi connectivity index (χ3v) is 3.82. The number of hydrogen-bond donors (Lipinski definition) is 1. The lowest BCUT2D eigenvalue weighted by atomic mass is 10.2. The highest BCUT2D eigenvalue weighted by atomic mass is 32.2. The largest absolute Gasteiger partial charge is 0.328 e. The Kier molecular flexibility index (Phi) is 4.70. The fourth-order valence-corrected chi connectivity index (χ4v) is 2.96. The maximum Gasteiger partial charge on any atom is 0.243 e. The molecule has 0 bridgehead atoms. The van der Waals surface area contributed by atoms with Crippen molar-refractivity contribution >= 4 is 29.4 Å². The number of carbonyl (C=O) groups excluding carboxylic acids is 3. The molecule has 1 saturated heterocycles. The van der Waals surface area contributed by atoms with Crippen LogP contribution in [0.25, 0.3) is 0 Å². The zero-order valence-electron chi connectivity index (χ0n) is 10.3. The number of Topliss-reactive ketones (excluding diaryl/α,β-unsaturated/α-hetero) is 1. The van der Waals surface area contributed by atoms with Gasteiger partial charge in [-0.1, -0.05) is 13.8 Å². The number of likely N-dealkylation sites (tertiary alicyclic amines) is 1. The number of thioether (sulfide) groups is 1. The molecule has 5 nitrogen and oxygen atoms in total. The van der Waals surface area contributed by atoms with Crippen LogP contribution in [-0.2, 0) is 14.4 Å². The van der Waals surface area contributed by atoms with Crippen LogP contribution in [0.2, 0.25) is 0 Å². The van der Waals surface area contributed by atoms with Crippen LogP contribution in [0.15, 0.2) is 0 Å². The molecule has 2 N–H and O–H groups in total. The van der Waals surface area contributed by atoms with Crippen LogP contribution in [0.1, 0.15) is 27.2 Å². The predicted molar refractivity (Wildman–Crippen MR) is 66.5 cm³/mol. The van der Waals surface area contributed by atoms with Crippen molar-refractivity contribution in [2.45, 2.75) is 43.7 Å². The third-order valence-electron chi connectivity index (χ3n) is 2.58. The van der Waals surface area contributed by atoms with Crippen LogP contribution in [0.4, 0.5) is 0 Å². The molecule has 0 aromatic rings. The van der Waals surface area contributed by atoms with Crippen molar-refractivity contribution < 1.29 is 14.4 Å². The van der Waals surface area contributed by atoms with Crippen molar-refractivity contribution in [1.82, 2.24) is 4.90 Å². The lowest BCUT2D eigenvalue weighted by molar-refractivity contribution is -0.145. The summed E-state index contributed by atoms with van der Waals surface area (Å²) in [6.07, 6.45) is 0.172. The predicted octanol–water partition coefficient (Wildman–Crippen LogP) is 0.172. The molecule has 1 aliphatic heterocycles. The maximum atomic E-state index is 12.0. The van der Waals surface area contributed by atoms with Gasteiger partial charge in [0, 0.05) is 13.0 Å². The van der Waals surface area contributed by atoms with Crippen molar-refractivity contribution in [2.24, 2.45) is 5.73 Å². The van der Waals surface area contributed by atoms with E-state index in [4.69, 9.17) is 5.73 Å². The summed E-state index contributed by atoms with van der Waals surface area (Å²) in [5, 5.41) is -0.0961. The monoisotopic (exact) mass is 258 g/mol. The molecule has 1 aliphatic rings. The van der Waals surface area contributed by atoms with Crippen molar-refractivity contribution in [3.8, 4) is 0 Å². The van der Waals surface area contributed by atoms with Gasteiger partial charge in [0.15, 0.2) is 5.78 Å². The van der Waals surface area contributed by atoms with Gasteiger partial charge in [0.05, 0.1) is 5.25 Å². The number of hydrogen-bond acceptors (Lipinski definition) is 5. The average molecular weight is 258 g/mol. The van der Waals surface area contributed by atoms with E-state index in [0.717, 1.165) is 4.90 Å². The second-order valence-electron chi connectivity index (χ2n) is 4.34. The van der Waals surface area contributed by atoms with E-state index in [1.807, 2.05) is 13.8 Å². The minimum atomic E-state index is -0.798. The Balaban J connectivity index is 2.84. The van der Waals surface area contributed by atoms with Gasteiger partial charge >= 0.3 is 0 Å². The van der Waals surface area contributed by atoms with E-state index in [9.17, 15) is 14.4 Å². The Morgan fingerprint density at radius 1 is 1.53 bits per heavy atom. The molecular formula is C11H18N2O3S. The van der Waals surface area contributed by atoms with Gasteiger partial charge in [-0.25, -0.2) is 0 Å². The summed E-state index contributed by atoms with van der Waals surface area (Å²) in [5.41, 5.74) is 5.45. The molecule has 1 rings (SSSR count). The highest BCUT2D eigenvalue weighted by Crippen LogP contribution is 2.29. The molecule has 17 heavy (non-hydrogen) atoms. The highest BCUT2D eigenvalue weighted by Gasteiger charge is 2.43. The molecule has 96 valence electrons. The van der Waals surface area contributed by atoms with Crippen molar-refractivity contribution in [3.63, 3.8) is 0 Å². The van der Waals surface area contributed by atoms with E-state index in [1.165, 1.54) is 18.7 Å². The van der Waals surface area contributed by atoms with Gasteiger partial charge in [-0.3, -0.25) is 19.3 Å². The quantitative estimate of drug-likeness (QED) is 0.711. The van der Waals surface area contributed by atoms with Crippen LogP contribution in [0.5, 0.6) is 0 Å². The fourth-order valence-electron chi connectivity index (χ4n) is 1.84. The number of ketones is 1. The summed E-state index contributed by atoms with van der Waals surface area (Å²) < 4.78 is 0. The second kappa shape index (κ2) is 5.64. The Hall–Kier alpha value is -0.880. The molecule has 0 aliphatic carbocycles. The maximum absolute atomic E-state index is 12.0. The van der Waals surface area contributed by atoms with Gasteiger partial charge in [-0.2, -0.15) is 0 Å². The van der Waals surface area contributed by atoms with Gasteiger partial charge in [-0.15, -0.1) is 11.8 Å². The first kappa shape index (κ1) is 14.2. The molecule has 0 spiro atoms. The van der Waals surface area contributed by atoms with Crippen LogP contribution in [0.3, 0.4) is 0 Å². The molecule has 6 heteroatoms. The first-order chi connectivity index (χ1) is 7.88. The van der Waals surface area contributed by atoms with Crippen molar-refractivity contribution in [1.29, 1.82) is 0 Å². The average Bonchev–Trinajstić information content (AvgIpc) is 2.45. The molecule has 1 fully saturated rings. The molecule has 2 atom stereocenters. The molecule has 0 saturated carbocycles. The van der Waals surface area contributed by atoms with E-state index in [2.05, 4.69) is 0 Å². The van der Waals surface area contributed by atoms with E-state index < -0.39 is 6.04 Å². The van der Waals surface area contributed by atoms with Crippen LogP contribution >= 0.6 is 11.8 Å². The first-order valence-electron chi connectivity index (χ1n) is 5.60. The van der Waals surface area contributed by atoms with Crippen LogP contribution in [-0.4, -0.2) is 45.6 Å². The minimum Gasteiger partial charge on any atom is -0.328 e. The number of nitrogens with zero attached hydrogens (tertiary/aromatic N) is 1. The van der Waals surface area contributed by atoms with E-state index >= 15 is 0 Å². The SMILES string of the molecule is CC(=O)C(CN)N1C(=O)CC(SC(C)C)C1=O. The summed E-state index contributed by atoms with van der Waals surface area (Å²) in [4.78, 5) is 36.2. The van der Waals surface area contributed by atoms with E-state index in [0.29, 0.717) is 0 Å². The summed E-state index contributed by atoms with van der Waals surface area (Å²) in [5.74, 6) is -0.817. The Morgan fingerprint density at radius 2 is 2.12 bits per heavy atom. The summed E-state index contributed by atoms with van der Waals surface area (Å²) in [7, 11) is 0. The first-order valence-corrected chi connectivity index (χ1v) is 6.54. The second-order valence-corrected chi connectivity index (χ2v) is 6.13. The van der Waals surface area contributed by atoms with Crippen LogP contribution < -0.4 is 5.73 Å². The minimum absolute atomic E-state index is 0.00806. The number of imide groups is 1. The molecule has 2 amide bonds. The normalized spacial score (nSPS) is 22.4. The number of nitrogens with two attached hydrogens (primary N) is 1. The zero-order valence-corrected chi connectivity index (χ0v) is 11.1. The molecule has 1 heterocycles. The van der Waals surface area contributed by atoms with E-state index in [1.54, 1.807) is 0 Å². The lowest BCUT2D eigenvalue weighted by Crippen LogP contribution is -2.48. The third kappa shape index (κ3) is 3.07.